The Morgan fingerprint density at radius 2 is 2.11 bits per heavy atom. The van der Waals surface area contributed by atoms with Crippen molar-refractivity contribution < 1.29 is 19.7 Å². The predicted octanol–water partition coefficient (Wildman–Crippen LogP) is 1.23. The smallest absolute Gasteiger partial charge is 0.223 e. The molecule has 5 nitrogen and oxygen atoms in total. The first kappa shape index (κ1) is 16.0. The summed E-state index contributed by atoms with van der Waals surface area (Å²) >= 11 is 11.6. The van der Waals surface area contributed by atoms with Crippen LogP contribution in [0.4, 0.5) is 0 Å². The molecule has 1 unspecified atom stereocenters. The van der Waals surface area contributed by atoms with Crippen molar-refractivity contribution in [3.8, 4) is 5.75 Å². The van der Waals surface area contributed by atoms with E-state index < -0.39 is 6.10 Å². The van der Waals surface area contributed by atoms with E-state index >= 15 is 0 Å². The van der Waals surface area contributed by atoms with E-state index in [-0.39, 0.29) is 32.1 Å². The Hall–Kier alpha value is -1.01. The zero-order valence-electron chi connectivity index (χ0n) is 10.1. The number of carbonyl (C=O) groups excluding carboxylic acids is 1. The van der Waals surface area contributed by atoms with Gasteiger partial charge in [0.25, 0.3) is 0 Å². The molecule has 1 atom stereocenters. The van der Waals surface area contributed by atoms with Gasteiger partial charge in [0, 0.05) is 12.6 Å². The first-order chi connectivity index (χ1) is 9.02. The fraction of sp³-hybridized carbons (Fsp3) is 0.417. The van der Waals surface area contributed by atoms with Gasteiger partial charge in [-0.15, -0.1) is 0 Å². The lowest BCUT2D eigenvalue weighted by Crippen LogP contribution is -2.34. The highest BCUT2D eigenvalue weighted by Crippen LogP contribution is 2.26. The molecule has 0 saturated heterocycles. The van der Waals surface area contributed by atoms with E-state index in [1.165, 1.54) is 0 Å². The minimum Gasteiger partial charge on any atom is -0.493 e. The monoisotopic (exact) mass is 307 g/mol. The molecule has 1 rings (SSSR count). The van der Waals surface area contributed by atoms with Crippen molar-refractivity contribution in [2.24, 2.45) is 0 Å². The van der Waals surface area contributed by atoms with E-state index in [0.717, 1.165) is 0 Å². The zero-order valence-corrected chi connectivity index (χ0v) is 11.6. The molecule has 1 amide bonds. The van der Waals surface area contributed by atoms with Crippen LogP contribution in [-0.2, 0) is 4.79 Å². The fourth-order valence-electron chi connectivity index (χ4n) is 1.21. The lowest BCUT2D eigenvalue weighted by atomic mass is 10.3. The number of ether oxygens (including phenoxy) is 1. The lowest BCUT2D eigenvalue weighted by Gasteiger charge is -2.10. The molecular formula is C12H15Cl2NO4. The van der Waals surface area contributed by atoms with E-state index in [0.29, 0.717) is 15.8 Å². The van der Waals surface area contributed by atoms with Crippen LogP contribution in [0.5, 0.6) is 5.75 Å². The molecule has 0 saturated carbocycles. The maximum absolute atomic E-state index is 11.3. The Balaban J connectivity index is 2.26. The number of nitrogens with one attached hydrogen (secondary N) is 1. The van der Waals surface area contributed by atoms with Gasteiger partial charge in [-0.05, 0) is 12.1 Å². The summed E-state index contributed by atoms with van der Waals surface area (Å²) in [4.78, 5) is 11.3. The van der Waals surface area contributed by atoms with Gasteiger partial charge in [-0.3, -0.25) is 4.79 Å². The maximum atomic E-state index is 11.3. The van der Waals surface area contributed by atoms with Crippen LogP contribution in [0.25, 0.3) is 0 Å². The first-order valence-electron chi connectivity index (χ1n) is 5.66. The number of aliphatic hydroxyl groups excluding tert-OH is 2. The molecule has 0 heterocycles. The van der Waals surface area contributed by atoms with Crippen molar-refractivity contribution >= 4 is 29.1 Å². The molecular weight excluding hydrogens is 293 g/mol. The third kappa shape index (κ3) is 6.11. The van der Waals surface area contributed by atoms with E-state index in [1.54, 1.807) is 18.2 Å². The fourth-order valence-corrected chi connectivity index (χ4v) is 1.50. The van der Waals surface area contributed by atoms with E-state index in [1.807, 2.05) is 0 Å². The molecule has 0 aliphatic carbocycles. The van der Waals surface area contributed by atoms with Gasteiger partial charge in [0.2, 0.25) is 5.91 Å². The Bertz CT molecular complexity index is 428. The molecule has 1 aromatic rings. The van der Waals surface area contributed by atoms with Crippen LogP contribution in [0, 0.1) is 0 Å². The van der Waals surface area contributed by atoms with Gasteiger partial charge >= 0.3 is 0 Å². The van der Waals surface area contributed by atoms with E-state index in [2.05, 4.69) is 5.32 Å². The summed E-state index contributed by atoms with van der Waals surface area (Å²) in [5.41, 5.74) is 0. The number of benzene rings is 1. The second kappa shape index (κ2) is 8.22. The highest BCUT2D eigenvalue weighted by molar-refractivity contribution is 6.42. The highest BCUT2D eigenvalue weighted by Gasteiger charge is 2.06. The SMILES string of the molecule is O=C(CCOc1ccc(Cl)c(Cl)c1)NCC(O)CO. The maximum Gasteiger partial charge on any atom is 0.223 e. The Morgan fingerprint density at radius 1 is 1.37 bits per heavy atom. The van der Waals surface area contributed by atoms with Crippen LogP contribution >= 0.6 is 23.2 Å². The average Bonchev–Trinajstić information content (AvgIpc) is 2.40. The van der Waals surface area contributed by atoms with Gasteiger partial charge in [0.05, 0.1) is 35.8 Å². The molecule has 3 N–H and O–H groups in total. The van der Waals surface area contributed by atoms with Crippen LogP contribution in [0.15, 0.2) is 18.2 Å². The molecule has 0 spiro atoms. The van der Waals surface area contributed by atoms with Gasteiger partial charge in [-0.1, -0.05) is 23.2 Å². The molecule has 0 aromatic heterocycles. The van der Waals surface area contributed by atoms with Crippen LogP contribution in [-0.4, -0.2) is 42.0 Å². The predicted molar refractivity (Wildman–Crippen MR) is 72.7 cm³/mol. The minimum atomic E-state index is -0.944. The molecule has 0 fully saturated rings. The molecule has 0 bridgehead atoms. The topological polar surface area (TPSA) is 78.8 Å². The zero-order chi connectivity index (χ0) is 14.3. The number of hydrogen-bond donors (Lipinski definition) is 3. The van der Waals surface area contributed by atoms with Crippen molar-refractivity contribution in [3.63, 3.8) is 0 Å². The Labute approximate surface area is 121 Å². The van der Waals surface area contributed by atoms with Crippen molar-refractivity contribution in [1.29, 1.82) is 0 Å². The number of aliphatic hydroxyl groups is 2. The third-order valence-electron chi connectivity index (χ3n) is 2.23. The molecule has 0 aliphatic rings. The summed E-state index contributed by atoms with van der Waals surface area (Å²) in [6.45, 7) is -0.193. The summed E-state index contributed by atoms with van der Waals surface area (Å²) in [6.07, 6.45) is -0.807. The molecule has 106 valence electrons. The van der Waals surface area contributed by atoms with Gasteiger partial charge in [0.15, 0.2) is 0 Å². The summed E-state index contributed by atoms with van der Waals surface area (Å²) in [7, 11) is 0. The van der Waals surface area contributed by atoms with Crippen LogP contribution in [0.2, 0.25) is 10.0 Å². The number of rotatable bonds is 7. The van der Waals surface area contributed by atoms with E-state index in [4.69, 9.17) is 38.2 Å². The third-order valence-corrected chi connectivity index (χ3v) is 2.97. The van der Waals surface area contributed by atoms with Crippen molar-refractivity contribution in [1.82, 2.24) is 5.32 Å². The van der Waals surface area contributed by atoms with Crippen molar-refractivity contribution in [2.45, 2.75) is 12.5 Å². The number of halogens is 2. The Kier molecular flexibility index (Phi) is 6.94. The highest BCUT2D eigenvalue weighted by atomic mass is 35.5. The molecule has 0 radical (unpaired) electrons. The molecule has 19 heavy (non-hydrogen) atoms. The lowest BCUT2D eigenvalue weighted by molar-refractivity contribution is -0.122. The number of amides is 1. The van der Waals surface area contributed by atoms with Gasteiger partial charge < -0.3 is 20.3 Å². The normalized spacial score (nSPS) is 12.0. The molecule has 0 aliphatic heterocycles. The van der Waals surface area contributed by atoms with Crippen molar-refractivity contribution in [2.75, 3.05) is 19.8 Å². The van der Waals surface area contributed by atoms with Crippen LogP contribution in [0.3, 0.4) is 0 Å². The number of carbonyl (C=O) groups is 1. The summed E-state index contributed by atoms with van der Waals surface area (Å²) in [5, 5.41) is 20.9. The van der Waals surface area contributed by atoms with Crippen LogP contribution in [0.1, 0.15) is 6.42 Å². The average molecular weight is 308 g/mol. The van der Waals surface area contributed by atoms with Gasteiger partial charge in [-0.2, -0.15) is 0 Å². The quantitative estimate of drug-likeness (QED) is 0.708. The van der Waals surface area contributed by atoms with Gasteiger partial charge in [0.1, 0.15) is 5.75 Å². The van der Waals surface area contributed by atoms with Gasteiger partial charge in [-0.25, -0.2) is 0 Å². The second-order valence-corrected chi connectivity index (χ2v) is 4.63. The van der Waals surface area contributed by atoms with Crippen molar-refractivity contribution in [3.05, 3.63) is 28.2 Å². The first-order valence-corrected chi connectivity index (χ1v) is 6.42. The van der Waals surface area contributed by atoms with E-state index in [9.17, 15) is 4.79 Å². The van der Waals surface area contributed by atoms with Crippen LogP contribution < -0.4 is 10.1 Å². The summed E-state index contributed by atoms with van der Waals surface area (Å²) < 4.78 is 5.33. The summed E-state index contributed by atoms with van der Waals surface area (Å²) in [6, 6.07) is 4.83. The molecule has 1 aromatic carbocycles. The standard InChI is InChI=1S/C12H15Cl2NO4/c13-10-2-1-9(5-11(10)14)19-4-3-12(18)15-6-8(17)7-16/h1-2,5,8,16-17H,3-4,6-7H2,(H,15,18). The Morgan fingerprint density at radius 3 is 2.74 bits per heavy atom. The largest absolute Gasteiger partial charge is 0.493 e. The second-order valence-electron chi connectivity index (χ2n) is 3.81. The molecule has 7 heteroatoms. The summed E-state index contributed by atoms with van der Waals surface area (Å²) in [5.74, 6) is 0.255. The number of hydrogen-bond acceptors (Lipinski definition) is 4. The minimum absolute atomic E-state index is 0.0160.